The fourth-order valence-electron chi connectivity index (χ4n) is 0.681. The van der Waals surface area contributed by atoms with Crippen LogP contribution in [0.25, 0.3) is 0 Å². The Hall–Kier alpha value is -1.09. The third kappa shape index (κ3) is 2.51. The molecule has 12 heavy (non-hydrogen) atoms. The molecule has 1 aromatic rings. The van der Waals surface area contributed by atoms with Gasteiger partial charge in [0.2, 0.25) is 0 Å². The Morgan fingerprint density at radius 2 is 1.83 bits per heavy atom. The highest BCUT2D eigenvalue weighted by molar-refractivity contribution is 7.80. The molecule has 0 saturated heterocycles. The first-order valence-corrected chi connectivity index (χ1v) is 4.05. The topological polar surface area (TPSA) is 12.5 Å². The van der Waals surface area contributed by atoms with E-state index in [-0.39, 0.29) is 0 Å². The van der Waals surface area contributed by atoms with E-state index in [4.69, 9.17) is 17.0 Å². The number of benzene rings is 1. The van der Waals surface area contributed by atoms with Crippen LogP contribution in [-0.4, -0.2) is 24.2 Å². The van der Waals surface area contributed by atoms with Gasteiger partial charge in [-0.1, -0.05) is 18.2 Å². The molecular weight excluding hydrogens is 170 g/mol. The second-order valence-electron chi connectivity index (χ2n) is 2.58. The van der Waals surface area contributed by atoms with Crippen LogP contribution < -0.4 is 4.74 Å². The highest BCUT2D eigenvalue weighted by Gasteiger charge is 1.99. The van der Waals surface area contributed by atoms with Crippen LogP contribution in [0.3, 0.4) is 0 Å². The van der Waals surface area contributed by atoms with Crippen LogP contribution >= 0.6 is 12.2 Å². The maximum Gasteiger partial charge on any atom is 0.264 e. The predicted molar refractivity (Wildman–Crippen MR) is 53.4 cm³/mol. The van der Waals surface area contributed by atoms with Gasteiger partial charge in [-0.15, -0.1) is 0 Å². The van der Waals surface area contributed by atoms with Gasteiger partial charge in [-0.2, -0.15) is 0 Å². The van der Waals surface area contributed by atoms with E-state index in [1.54, 1.807) is 4.90 Å². The van der Waals surface area contributed by atoms with E-state index in [1.807, 2.05) is 44.4 Å². The van der Waals surface area contributed by atoms with Crippen molar-refractivity contribution in [2.75, 3.05) is 14.1 Å². The molecule has 0 aliphatic heterocycles. The van der Waals surface area contributed by atoms with Crippen molar-refractivity contribution in [1.82, 2.24) is 4.90 Å². The first kappa shape index (κ1) is 9.00. The molecule has 1 aromatic carbocycles. The molecular formula is C9H11NOS. The minimum absolute atomic E-state index is 0.473. The zero-order chi connectivity index (χ0) is 8.97. The van der Waals surface area contributed by atoms with Gasteiger partial charge in [-0.3, -0.25) is 0 Å². The normalized spacial score (nSPS) is 9.17. The van der Waals surface area contributed by atoms with Gasteiger partial charge in [0.05, 0.1) is 0 Å². The second kappa shape index (κ2) is 4.07. The van der Waals surface area contributed by atoms with Crippen molar-refractivity contribution >= 4 is 17.4 Å². The van der Waals surface area contributed by atoms with Crippen molar-refractivity contribution in [2.24, 2.45) is 0 Å². The largest absolute Gasteiger partial charge is 0.432 e. The molecule has 0 aliphatic rings. The van der Waals surface area contributed by atoms with Crippen LogP contribution in [0, 0.1) is 0 Å². The van der Waals surface area contributed by atoms with Gasteiger partial charge in [0.15, 0.2) is 0 Å². The quantitative estimate of drug-likeness (QED) is 0.614. The molecule has 0 bridgehead atoms. The number of ether oxygens (including phenoxy) is 1. The summed E-state index contributed by atoms with van der Waals surface area (Å²) in [5, 5.41) is 0.473. The summed E-state index contributed by atoms with van der Waals surface area (Å²) < 4.78 is 5.33. The summed E-state index contributed by atoms with van der Waals surface area (Å²) in [5.41, 5.74) is 0. The van der Waals surface area contributed by atoms with E-state index in [9.17, 15) is 0 Å². The lowest BCUT2D eigenvalue weighted by Gasteiger charge is -2.13. The van der Waals surface area contributed by atoms with Crippen molar-refractivity contribution in [1.29, 1.82) is 0 Å². The molecule has 0 fully saturated rings. The van der Waals surface area contributed by atoms with Crippen LogP contribution in [-0.2, 0) is 0 Å². The number of nitrogens with zero attached hydrogens (tertiary/aromatic N) is 1. The summed E-state index contributed by atoms with van der Waals surface area (Å²) in [6.45, 7) is 0. The van der Waals surface area contributed by atoms with Gasteiger partial charge in [-0.05, 0) is 24.4 Å². The Morgan fingerprint density at radius 3 is 2.33 bits per heavy atom. The van der Waals surface area contributed by atoms with Gasteiger partial charge in [0, 0.05) is 14.1 Å². The number of hydrogen-bond acceptors (Lipinski definition) is 2. The van der Waals surface area contributed by atoms with Gasteiger partial charge < -0.3 is 9.64 Å². The van der Waals surface area contributed by atoms with E-state index < -0.39 is 0 Å². The third-order valence-corrected chi connectivity index (χ3v) is 1.76. The zero-order valence-corrected chi connectivity index (χ0v) is 7.97. The van der Waals surface area contributed by atoms with Gasteiger partial charge >= 0.3 is 0 Å². The molecule has 0 radical (unpaired) electrons. The molecule has 0 saturated carbocycles. The Kier molecular flexibility index (Phi) is 3.05. The van der Waals surface area contributed by atoms with Crippen LogP contribution in [0.15, 0.2) is 30.3 Å². The maximum absolute atomic E-state index is 5.33. The summed E-state index contributed by atoms with van der Waals surface area (Å²) in [6, 6.07) is 9.50. The molecule has 0 amide bonds. The standard InChI is InChI=1S/C9H11NOS/c1-10(2)9(12)11-8-6-4-3-5-7-8/h3-7H,1-2H3. The zero-order valence-electron chi connectivity index (χ0n) is 7.15. The lowest BCUT2D eigenvalue weighted by molar-refractivity contribution is 0.449. The van der Waals surface area contributed by atoms with Crippen LogP contribution in [0.2, 0.25) is 0 Å². The number of hydrogen-bond donors (Lipinski definition) is 0. The molecule has 1 rings (SSSR count). The SMILES string of the molecule is CN(C)C(=S)Oc1ccccc1. The minimum Gasteiger partial charge on any atom is -0.432 e. The highest BCUT2D eigenvalue weighted by atomic mass is 32.1. The van der Waals surface area contributed by atoms with Gasteiger partial charge in [0.25, 0.3) is 5.17 Å². The number of thiocarbonyl (C=S) groups is 1. The van der Waals surface area contributed by atoms with E-state index in [0.29, 0.717) is 5.17 Å². The molecule has 0 N–H and O–H groups in total. The monoisotopic (exact) mass is 181 g/mol. The molecule has 2 nitrogen and oxygen atoms in total. The molecule has 0 spiro atoms. The first-order valence-electron chi connectivity index (χ1n) is 3.64. The Balaban J connectivity index is 2.59. The molecule has 0 aliphatic carbocycles. The van der Waals surface area contributed by atoms with E-state index >= 15 is 0 Å². The Morgan fingerprint density at radius 1 is 1.25 bits per heavy atom. The van der Waals surface area contributed by atoms with Crippen molar-refractivity contribution in [3.05, 3.63) is 30.3 Å². The smallest absolute Gasteiger partial charge is 0.264 e. The van der Waals surface area contributed by atoms with Crippen LogP contribution in [0.1, 0.15) is 0 Å². The minimum atomic E-state index is 0.473. The third-order valence-electron chi connectivity index (χ3n) is 1.31. The van der Waals surface area contributed by atoms with Crippen molar-refractivity contribution in [3.8, 4) is 5.75 Å². The predicted octanol–water partition coefficient (Wildman–Crippen LogP) is 1.91. The number of rotatable bonds is 1. The lowest BCUT2D eigenvalue weighted by Crippen LogP contribution is -2.24. The molecule has 0 atom stereocenters. The summed E-state index contributed by atoms with van der Waals surface area (Å²) in [4.78, 5) is 1.75. The molecule has 64 valence electrons. The lowest BCUT2D eigenvalue weighted by atomic mass is 10.3. The molecule has 0 aromatic heterocycles. The van der Waals surface area contributed by atoms with Crippen molar-refractivity contribution in [3.63, 3.8) is 0 Å². The van der Waals surface area contributed by atoms with Gasteiger partial charge in [-0.25, -0.2) is 0 Å². The summed E-state index contributed by atoms with van der Waals surface area (Å²) in [6.07, 6.45) is 0. The average Bonchev–Trinajstić information content (AvgIpc) is 2.06. The summed E-state index contributed by atoms with van der Waals surface area (Å²) in [5.74, 6) is 0.774. The molecule has 0 unspecified atom stereocenters. The number of para-hydroxylation sites is 1. The van der Waals surface area contributed by atoms with Crippen LogP contribution in [0.5, 0.6) is 5.75 Å². The van der Waals surface area contributed by atoms with E-state index in [0.717, 1.165) is 5.75 Å². The molecule has 3 heteroatoms. The highest BCUT2D eigenvalue weighted by Crippen LogP contribution is 2.09. The second-order valence-corrected chi connectivity index (χ2v) is 2.92. The molecule has 0 heterocycles. The van der Waals surface area contributed by atoms with E-state index in [2.05, 4.69) is 0 Å². The Bertz CT molecular complexity index is 258. The van der Waals surface area contributed by atoms with Crippen LogP contribution in [0.4, 0.5) is 0 Å². The fourth-order valence-corrected chi connectivity index (χ4v) is 0.777. The van der Waals surface area contributed by atoms with Crippen molar-refractivity contribution in [2.45, 2.75) is 0 Å². The van der Waals surface area contributed by atoms with Crippen molar-refractivity contribution < 1.29 is 4.74 Å². The Labute approximate surface area is 77.8 Å². The average molecular weight is 181 g/mol. The van der Waals surface area contributed by atoms with E-state index in [1.165, 1.54) is 0 Å². The first-order chi connectivity index (χ1) is 5.70. The summed E-state index contributed by atoms with van der Waals surface area (Å²) in [7, 11) is 3.70. The summed E-state index contributed by atoms with van der Waals surface area (Å²) >= 11 is 4.96. The maximum atomic E-state index is 5.33. The fraction of sp³-hybridized carbons (Fsp3) is 0.222. The van der Waals surface area contributed by atoms with Gasteiger partial charge in [0.1, 0.15) is 5.75 Å².